The smallest absolute Gasteiger partial charge is 0.123 e. The third kappa shape index (κ3) is 4.91. The van der Waals surface area contributed by atoms with Gasteiger partial charge in [0.15, 0.2) is 0 Å². The summed E-state index contributed by atoms with van der Waals surface area (Å²) in [6.45, 7) is 11.1. The molecule has 0 amide bonds. The zero-order valence-electron chi connectivity index (χ0n) is 20.3. The van der Waals surface area contributed by atoms with Crippen molar-refractivity contribution in [3.05, 3.63) is 64.2 Å². The molecule has 1 aliphatic carbocycles. The molecular weight excluding hydrogens is 397 g/mol. The molecular formula is C28H38FN3. The van der Waals surface area contributed by atoms with Gasteiger partial charge in [-0.05, 0) is 112 Å². The lowest BCUT2D eigenvalue weighted by atomic mass is 9.69. The van der Waals surface area contributed by atoms with Crippen molar-refractivity contribution in [1.29, 1.82) is 0 Å². The summed E-state index contributed by atoms with van der Waals surface area (Å²) in [7, 11) is 2.24. The van der Waals surface area contributed by atoms with Crippen LogP contribution in [-0.2, 0) is 12.8 Å². The molecule has 4 heteroatoms. The number of rotatable bonds is 8. The SMILES string of the molecule is Cc1ccc(C)c2[nH]c(CCCN(C)CCC3CCc4cc(F)ccc4C3C(C)C)nc12. The standard InChI is InChI=1S/C28H38FN3/c1-18(2)26-21(10-11-22-17-23(29)12-13-24(22)26)14-16-32(5)15-6-7-25-30-27-19(3)8-9-20(4)28(27)31-25/h8-9,12-13,17-18,21,26H,6-7,10-11,14-16H2,1-5H3,(H,30,31). The van der Waals surface area contributed by atoms with Crippen LogP contribution in [0.2, 0.25) is 0 Å². The number of aryl methyl sites for hydroxylation is 4. The van der Waals surface area contributed by atoms with Crippen LogP contribution in [0.5, 0.6) is 0 Å². The molecule has 0 bridgehead atoms. The van der Waals surface area contributed by atoms with Gasteiger partial charge in [-0.2, -0.15) is 0 Å². The molecule has 2 unspecified atom stereocenters. The molecule has 1 aromatic heterocycles. The summed E-state index contributed by atoms with van der Waals surface area (Å²) < 4.78 is 13.7. The predicted octanol–water partition coefficient (Wildman–Crippen LogP) is 6.58. The van der Waals surface area contributed by atoms with Gasteiger partial charge in [0.05, 0.1) is 11.0 Å². The number of imidazole rings is 1. The normalized spacial score (nSPS) is 18.6. The second-order valence-corrected chi connectivity index (χ2v) is 10.2. The number of nitrogens with zero attached hydrogens (tertiary/aromatic N) is 2. The first-order chi connectivity index (χ1) is 15.3. The van der Waals surface area contributed by atoms with Crippen molar-refractivity contribution in [3.63, 3.8) is 0 Å². The highest BCUT2D eigenvalue weighted by Gasteiger charge is 2.31. The van der Waals surface area contributed by atoms with E-state index in [1.54, 1.807) is 12.1 Å². The number of halogens is 1. The monoisotopic (exact) mass is 435 g/mol. The minimum atomic E-state index is -0.0980. The number of benzene rings is 2. The maximum Gasteiger partial charge on any atom is 0.123 e. The molecule has 2 aromatic carbocycles. The maximum absolute atomic E-state index is 13.7. The Hall–Kier alpha value is -2.20. The highest BCUT2D eigenvalue weighted by molar-refractivity contribution is 5.81. The fourth-order valence-electron chi connectivity index (χ4n) is 5.66. The molecule has 3 aromatic rings. The van der Waals surface area contributed by atoms with Crippen molar-refractivity contribution in [2.24, 2.45) is 11.8 Å². The van der Waals surface area contributed by atoms with E-state index < -0.39 is 0 Å². The van der Waals surface area contributed by atoms with Crippen molar-refractivity contribution in [2.45, 2.75) is 65.7 Å². The number of fused-ring (bicyclic) bond motifs is 2. The van der Waals surface area contributed by atoms with Gasteiger partial charge in [0.25, 0.3) is 0 Å². The van der Waals surface area contributed by atoms with Crippen molar-refractivity contribution in [2.75, 3.05) is 20.1 Å². The van der Waals surface area contributed by atoms with Crippen molar-refractivity contribution in [1.82, 2.24) is 14.9 Å². The Morgan fingerprint density at radius 3 is 2.66 bits per heavy atom. The van der Waals surface area contributed by atoms with Crippen LogP contribution in [-0.4, -0.2) is 35.0 Å². The van der Waals surface area contributed by atoms with Gasteiger partial charge < -0.3 is 9.88 Å². The van der Waals surface area contributed by atoms with Crippen molar-refractivity contribution in [3.8, 4) is 0 Å². The Labute approximate surface area is 192 Å². The molecule has 4 rings (SSSR count). The second kappa shape index (κ2) is 9.74. The van der Waals surface area contributed by atoms with E-state index in [1.807, 2.05) is 6.07 Å². The molecule has 0 spiro atoms. The third-order valence-electron chi connectivity index (χ3n) is 7.41. The second-order valence-electron chi connectivity index (χ2n) is 10.2. The van der Waals surface area contributed by atoms with Gasteiger partial charge in [-0.1, -0.05) is 32.0 Å². The Bertz CT molecular complexity index is 1030. The van der Waals surface area contributed by atoms with E-state index in [1.165, 1.54) is 40.6 Å². The van der Waals surface area contributed by atoms with Crippen LogP contribution >= 0.6 is 0 Å². The van der Waals surface area contributed by atoms with Crippen LogP contribution in [0.15, 0.2) is 30.3 Å². The summed E-state index contributed by atoms with van der Waals surface area (Å²) in [5.74, 6) is 2.79. The maximum atomic E-state index is 13.7. The predicted molar refractivity (Wildman–Crippen MR) is 132 cm³/mol. The number of hydrogen-bond acceptors (Lipinski definition) is 2. The van der Waals surface area contributed by atoms with Gasteiger partial charge in [-0.25, -0.2) is 9.37 Å². The van der Waals surface area contributed by atoms with Crippen LogP contribution < -0.4 is 0 Å². The zero-order chi connectivity index (χ0) is 22.8. The van der Waals surface area contributed by atoms with Gasteiger partial charge in [0.2, 0.25) is 0 Å². The van der Waals surface area contributed by atoms with E-state index in [4.69, 9.17) is 4.98 Å². The molecule has 1 N–H and O–H groups in total. The highest BCUT2D eigenvalue weighted by Crippen LogP contribution is 2.42. The largest absolute Gasteiger partial charge is 0.342 e. The lowest BCUT2D eigenvalue weighted by Crippen LogP contribution is -2.29. The van der Waals surface area contributed by atoms with Crippen LogP contribution in [0, 0.1) is 31.5 Å². The highest BCUT2D eigenvalue weighted by atomic mass is 19.1. The third-order valence-corrected chi connectivity index (χ3v) is 7.41. The van der Waals surface area contributed by atoms with E-state index in [9.17, 15) is 4.39 Å². The quantitative estimate of drug-likeness (QED) is 0.434. The minimum absolute atomic E-state index is 0.0980. The molecule has 0 saturated carbocycles. The van der Waals surface area contributed by atoms with Gasteiger partial charge in [-0.15, -0.1) is 0 Å². The molecule has 1 heterocycles. The molecule has 2 atom stereocenters. The van der Waals surface area contributed by atoms with E-state index in [2.05, 4.69) is 56.8 Å². The molecule has 1 aliphatic rings. The summed E-state index contributed by atoms with van der Waals surface area (Å²) >= 11 is 0. The van der Waals surface area contributed by atoms with Crippen LogP contribution in [0.4, 0.5) is 4.39 Å². The summed E-state index contributed by atoms with van der Waals surface area (Å²) in [6, 6.07) is 9.76. The fourth-order valence-corrected chi connectivity index (χ4v) is 5.66. The Morgan fingerprint density at radius 1 is 1.12 bits per heavy atom. The first-order valence-corrected chi connectivity index (χ1v) is 12.2. The number of aromatic amines is 1. The lowest BCUT2D eigenvalue weighted by Gasteiger charge is -2.37. The number of H-pyrrole nitrogens is 1. The molecule has 0 fully saturated rings. The zero-order valence-corrected chi connectivity index (χ0v) is 20.3. The number of aromatic nitrogens is 2. The number of nitrogens with one attached hydrogen (secondary N) is 1. The first kappa shape index (κ1) is 23.0. The topological polar surface area (TPSA) is 31.9 Å². The fraction of sp³-hybridized carbons (Fsp3) is 0.536. The van der Waals surface area contributed by atoms with Gasteiger partial charge in [-0.3, -0.25) is 0 Å². The Balaban J connectivity index is 1.30. The van der Waals surface area contributed by atoms with E-state index in [-0.39, 0.29) is 5.82 Å². The van der Waals surface area contributed by atoms with E-state index in [0.29, 0.717) is 17.8 Å². The van der Waals surface area contributed by atoms with Gasteiger partial charge >= 0.3 is 0 Å². The van der Waals surface area contributed by atoms with Crippen molar-refractivity contribution >= 4 is 11.0 Å². The molecule has 172 valence electrons. The Kier molecular flexibility index (Phi) is 6.99. The summed E-state index contributed by atoms with van der Waals surface area (Å²) in [5, 5.41) is 0. The van der Waals surface area contributed by atoms with Crippen LogP contribution in [0.1, 0.15) is 67.1 Å². The van der Waals surface area contributed by atoms with Crippen molar-refractivity contribution < 1.29 is 4.39 Å². The average Bonchev–Trinajstić information content (AvgIpc) is 3.19. The molecule has 0 aliphatic heterocycles. The van der Waals surface area contributed by atoms with Gasteiger partial charge in [0.1, 0.15) is 11.6 Å². The molecule has 0 saturated heterocycles. The average molecular weight is 436 g/mol. The molecule has 0 radical (unpaired) electrons. The number of hydrogen-bond donors (Lipinski definition) is 1. The first-order valence-electron chi connectivity index (χ1n) is 12.2. The lowest BCUT2D eigenvalue weighted by molar-refractivity contribution is 0.238. The van der Waals surface area contributed by atoms with Crippen LogP contribution in [0.3, 0.4) is 0 Å². The van der Waals surface area contributed by atoms with Crippen LogP contribution in [0.25, 0.3) is 11.0 Å². The Morgan fingerprint density at radius 2 is 1.91 bits per heavy atom. The molecule has 3 nitrogen and oxygen atoms in total. The van der Waals surface area contributed by atoms with Gasteiger partial charge in [0, 0.05) is 6.42 Å². The van der Waals surface area contributed by atoms with E-state index in [0.717, 1.165) is 43.7 Å². The molecule has 32 heavy (non-hydrogen) atoms. The summed E-state index contributed by atoms with van der Waals surface area (Å²) in [4.78, 5) is 10.9. The van der Waals surface area contributed by atoms with E-state index >= 15 is 0 Å². The summed E-state index contributed by atoms with van der Waals surface area (Å²) in [5.41, 5.74) is 7.41. The minimum Gasteiger partial charge on any atom is -0.342 e. The summed E-state index contributed by atoms with van der Waals surface area (Å²) in [6.07, 6.45) is 5.48.